The summed E-state index contributed by atoms with van der Waals surface area (Å²) in [7, 11) is -3.67. The smallest absolute Gasteiger partial charge is 0.243 e. The Kier molecular flexibility index (Phi) is 3.86. The molecule has 0 saturated carbocycles. The molecular formula is C17H17N3O4S. The zero-order valence-electron chi connectivity index (χ0n) is 13.3. The number of benzene rings is 2. The second-order valence-electron chi connectivity index (χ2n) is 6.05. The summed E-state index contributed by atoms with van der Waals surface area (Å²) in [5.74, 6) is 0. The van der Waals surface area contributed by atoms with Crippen molar-refractivity contribution in [1.82, 2.24) is 9.29 Å². The number of rotatable bonds is 3. The highest BCUT2D eigenvalue weighted by Gasteiger charge is 2.30. The van der Waals surface area contributed by atoms with Crippen LogP contribution < -0.4 is 5.23 Å². The minimum absolute atomic E-state index is 0.0662. The average molecular weight is 359 g/mol. The van der Waals surface area contributed by atoms with Crippen LogP contribution in [0.4, 0.5) is 5.69 Å². The van der Waals surface area contributed by atoms with Crippen molar-refractivity contribution in [2.75, 3.05) is 6.54 Å². The number of sulfonamides is 1. The Morgan fingerprint density at radius 1 is 1.12 bits per heavy atom. The number of nitrogens with one attached hydrogen (secondary N) is 2. The predicted molar refractivity (Wildman–Crippen MR) is 91.8 cm³/mol. The molecule has 0 spiro atoms. The molecule has 8 heteroatoms. The Hall–Kier alpha value is -2.23. The lowest BCUT2D eigenvalue weighted by atomic mass is 10.1. The molecule has 7 nitrogen and oxygen atoms in total. The average Bonchev–Trinajstić information content (AvgIpc) is 2.99. The molecule has 1 atom stereocenters. The quantitative estimate of drug-likeness (QED) is 0.614. The minimum atomic E-state index is -3.67. The van der Waals surface area contributed by atoms with E-state index in [9.17, 15) is 13.6 Å². The topological polar surface area (TPSA) is 101 Å². The minimum Gasteiger partial charge on any atom is -0.595 e. The fourth-order valence-electron chi connectivity index (χ4n) is 3.27. The lowest BCUT2D eigenvalue weighted by Gasteiger charge is -2.26. The number of hydrogen-bond acceptors (Lipinski definition) is 4. The van der Waals surface area contributed by atoms with E-state index in [1.165, 1.54) is 28.6 Å². The summed E-state index contributed by atoms with van der Waals surface area (Å²) in [5, 5.41) is 19.8. The highest BCUT2D eigenvalue weighted by molar-refractivity contribution is 7.89. The van der Waals surface area contributed by atoms with Crippen molar-refractivity contribution < 1.29 is 18.9 Å². The molecule has 3 aromatic rings. The van der Waals surface area contributed by atoms with Crippen molar-refractivity contribution in [1.29, 1.82) is 0 Å². The van der Waals surface area contributed by atoms with Crippen LogP contribution in [0.5, 0.6) is 0 Å². The van der Waals surface area contributed by atoms with Gasteiger partial charge in [-0.3, -0.25) is 0 Å². The van der Waals surface area contributed by atoms with Crippen LogP contribution in [0.15, 0.2) is 53.4 Å². The van der Waals surface area contributed by atoms with Gasteiger partial charge in [0.05, 0.1) is 4.90 Å². The molecule has 1 aliphatic rings. The van der Waals surface area contributed by atoms with Crippen LogP contribution in [-0.4, -0.2) is 29.5 Å². The summed E-state index contributed by atoms with van der Waals surface area (Å²) >= 11 is 0. The second-order valence-corrected chi connectivity index (χ2v) is 7.98. The molecule has 25 heavy (non-hydrogen) atoms. The first-order valence-electron chi connectivity index (χ1n) is 7.89. The zero-order chi connectivity index (χ0) is 17.6. The van der Waals surface area contributed by atoms with Crippen molar-refractivity contribution in [2.24, 2.45) is 0 Å². The van der Waals surface area contributed by atoms with Crippen LogP contribution in [0.3, 0.4) is 0 Å². The zero-order valence-corrected chi connectivity index (χ0v) is 14.1. The van der Waals surface area contributed by atoms with Crippen LogP contribution in [0.2, 0.25) is 0 Å². The number of nitrogens with zero attached hydrogens (tertiary/aromatic N) is 1. The van der Waals surface area contributed by atoms with Crippen molar-refractivity contribution in [3.8, 4) is 0 Å². The summed E-state index contributed by atoms with van der Waals surface area (Å²) in [4.78, 5) is 3.47. The van der Waals surface area contributed by atoms with Crippen LogP contribution in [0.1, 0.15) is 11.3 Å². The maximum Gasteiger partial charge on any atom is 0.243 e. The predicted octanol–water partition coefficient (Wildman–Crippen LogP) is 1.32. The summed E-state index contributed by atoms with van der Waals surface area (Å²) < 4.78 is 27.3. The van der Waals surface area contributed by atoms with Crippen molar-refractivity contribution >= 4 is 26.6 Å². The molecule has 2 aromatic carbocycles. The van der Waals surface area contributed by atoms with E-state index < -0.39 is 15.2 Å². The van der Waals surface area contributed by atoms with Gasteiger partial charge >= 0.3 is 0 Å². The molecule has 0 bridgehead atoms. The molecule has 0 fully saturated rings. The third-order valence-corrected chi connectivity index (χ3v) is 6.45. The lowest BCUT2D eigenvalue weighted by molar-refractivity contribution is -0.991. The molecule has 0 amide bonds. The van der Waals surface area contributed by atoms with E-state index in [4.69, 9.17) is 5.21 Å². The Labute approximate surface area is 144 Å². The van der Waals surface area contributed by atoms with Crippen molar-refractivity contribution in [2.45, 2.75) is 17.9 Å². The molecule has 130 valence electrons. The molecule has 1 aromatic heterocycles. The Bertz CT molecular complexity index is 1030. The fraction of sp³-hybridized carbons (Fsp3) is 0.176. The van der Waals surface area contributed by atoms with Gasteiger partial charge in [-0.25, -0.2) is 13.6 Å². The highest BCUT2D eigenvalue weighted by Crippen LogP contribution is 2.30. The van der Waals surface area contributed by atoms with Crippen LogP contribution in [-0.2, 0) is 23.0 Å². The van der Waals surface area contributed by atoms with Gasteiger partial charge in [-0.2, -0.15) is 9.53 Å². The normalized spacial score (nSPS) is 16.7. The Morgan fingerprint density at radius 3 is 2.56 bits per heavy atom. The van der Waals surface area contributed by atoms with Gasteiger partial charge in [0.25, 0.3) is 0 Å². The molecular weight excluding hydrogens is 342 g/mol. The first-order chi connectivity index (χ1) is 12.0. The van der Waals surface area contributed by atoms with Crippen molar-refractivity contribution in [3.63, 3.8) is 0 Å². The summed E-state index contributed by atoms with van der Waals surface area (Å²) in [6, 6.07) is 13.2. The van der Waals surface area contributed by atoms with E-state index in [1.807, 2.05) is 24.3 Å². The third kappa shape index (κ3) is 2.74. The summed E-state index contributed by atoms with van der Waals surface area (Å²) in [5.41, 5.74) is 3.16. The maximum absolute atomic E-state index is 12.9. The second kappa shape index (κ2) is 5.94. The molecule has 4 rings (SSSR count). The summed E-state index contributed by atoms with van der Waals surface area (Å²) in [6.07, 6.45) is 0.621. The number of aromatic nitrogens is 1. The lowest BCUT2D eigenvalue weighted by Crippen LogP contribution is -2.99. The van der Waals surface area contributed by atoms with E-state index in [1.54, 1.807) is 0 Å². The van der Waals surface area contributed by atoms with Crippen molar-refractivity contribution in [3.05, 3.63) is 65.0 Å². The largest absolute Gasteiger partial charge is 0.595 e. The first kappa shape index (κ1) is 16.2. The molecule has 0 aliphatic carbocycles. The first-order valence-corrected chi connectivity index (χ1v) is 9.33. The van der Waals surface area contributed by atoms with Crippen LogP contribution >= 0.6 is 0 Å². The van der Waals surface area contributed by atoms with Gasteiger partial charge in [0.1, 0.15) is 0 Å². The number of aromatic amines is 1. The molecule has 3 N–H and O–H groups in total. The standard InChI is InChI=1S/C17H17N3O4S/c21-20(22)12-5-7-13(8-6-12)25(23,24)19-10-9-17-15(11-19)14-3-1-2-4-16(14)18-17/h1-8,18,20-21H,9-11H2. The third-order valence-electron chi connectivity index (χ3n) is 4.59. The number of hydrogen-bond donors (Lipinski definition) is 3. The van der Waals surface area contributed by atoms with E-state index in [0.717, 1.165) is 22.2 Å². The van der Waals surface area contributed by atoms with Crippen LogP contribution in [0, 0.1) is 5.21 Å². The van der Waals surface area contributed by atoms with Gasteiger partial charge in [0.2, 0.25) is 10.0 Å². The van der Waals surface area contributed by atoms with E-state index in [0.29, 0.717) is 19.5 Å². The Balaban J connectivity index is 1.68. The molecule has 1 unspecified atom stereocenters. The van der Waals surface area contributed by atoms with Gasteiger partial charge in [-0.1, -0.05) is 18.2 Å². The number of quaternary nitrogens is 1. The van der Waals surface area contributed by atoms with Gasteiger partial charge in [-0.15, -0.1) is 0 Å². The SMILES string of the molecule is O=S(=O)(c1ccc([NH+]([O-])O)cc1)N1CCc2[nH]c3ccccc3c2C1. The van der Waals surface area contributed by atoms with E-state index in [-0.39, 0.29) is 10.6 Å². The fourth-order valence-corrected chi connectivity index (χ4v) is 4.67. The maximum atomic E-state index is 12.9. The van der Waals surface area contributed by atoms with Gasteiger partial charge in [0, 0.05) is 48.2 Å². The van der Waals surface area contributed by atoms with Gasteiger partial charge < -0.3 is 10.2 Å². The van der Waals surface area contributed by atoms with Crippen LogP contribution in [0.25, 0.3) is 10.9 Å². The molecule has 0 radical (unpaired) electrons. The van der Waals surface area contributed by atoms with E-state index >= 15 is 0 Å². The molecule has 1 aliphatic heterocycles. The number of para-hydroxylation sites is 1. The van der Waals surface area contributed by atoms with Gasteiger partial charge in [0.15, 0.2) is 5.69 Å². The number of H-pyrrole nitrogens is 1. The molecule has 0 saturated heterocycles. The highest BCUT2D eigenvalue weighted by atomic mass is 32.2. The van der Waals surface area contributed by atoms with E-state index in [2.05, 4.69) is 4.98 Å². The Morgan fingerprint density at radius 2 is 1.84 bits per heavy atom. The molecule has 2 heterocycles. The summed E-state index contributed by atoms with van der Waals surface area (Å²) in [6.45, 7) is 0.700. The number of fused-ring (bicyclic) bond motifs is 3. The van der Waals surface area contributed by atoms with Gasteiger partial charge in [-0.05, 0) is 23.8 Å². The monoisotopic (exact) mass is 359 g/mol.